The quantitative estimate of drug-likeness (QED) is 0.646. The SMILES string of the molecule is O=C1c2ccc(O)cc2CCC1Cl. The van der Waals surface area contributed by atoms with Gasteiger partial charge in [0.2, 0.25) is 0 Å². The van der Waals surface area contributed by atoms with Crippen LogP contribution in [-0.2, 0) is 6.42 Å². The molecule has 0 amide bonds. The first kappa shape index (κ1) is 8.57. The summed E-state index contributed by atoms with van der Waals surface area (Å²) in [5, 5.41) is 8.80. The first-order valence-electron chi connectivity index (χ1n) is 4.18. The lowest BCUT2D eigenvalue weighted by Crippen LogP contribution is -2.22. The van der Waals surface area contributed by atoms with E-state index in [0.29, 0.717) is 12.0 Å². The van der Waals surface area contributed by atoms with Gasteiger partial charge in [-0.1, -0.05) is 0 Å². The van der Waals surface area contributed by atoms with E-state index in [4.69, 9.17) is 11.6 Å². The summed E-state index contributed by atoms with van der Waals surface area (Å²) in [6, 6.07) is 4.79. The van der Waals surface area contributed by atoms with E-state index in [-0.39, 0.29) is 11.5 Å². The van der Waals surface area contributed by atoms with Gasteiger partial charge in [-0.05, 0) is 36.6 Å². The van der Waals surface area contributed by atoms with Gasteiger partial charge in [-0.3, -0.25) is 4.79 Å². The van der Waals surface area contributed by atoms with Crippen molar-refractivity contribution in [2.45, 2.75) is 18.2 Å². The average molecular weight is 197 g/mol. The number of alkyl halides is 1. The summed E-state index contributed by atoms with van der Waals surface area (Å²) in [4.78, 5) is 11.5. The fourth-order valence-electron chi connectivity index (χ4n) is 1.61. The number of rotatable bonds is 0. The zero-order chi connectivity index (χ0) is 9.42. The molecule has 0 bridgehead atoms. The molecular weight excluding hydrogens is 188 g/mol. The molecule has 1 aliphatic rings. The maximum absolute atomic E-state index is 11.5. The topological polar surface area (TPSA) is 37.3 Å². The van der Waals surface area contributed by atoms with Crippen molar-refractivity contribution < 1.29 is 9.90 Å². The molecule has 1 unspecified atom stereocenters. The van der Waals surface area contributed by atoms with Gasteiger partial charge < -0.3 is 5.11 Å². The van der Waals surface area contributed by atoms with E-state index in [9.17, 15) is 9.90 Å². The number of phenols is 1. The van der Waals surface area contributed by atoms with Crippen LogP contribution in [0.2, 0.25) is 0 Å². The van der Waals surface area contributed by atoms with E-state index in [1.807, 2.05) is 0 Å². The Kier molecular flexibility index (Phi) is 2.00. The Morgan fingerprint density at radius 3 is 3.00 bits per heavy atom. The summed E-state index contributed by atoms with van der Waals surface area (Å²) in [5.74, 6) is 0.183. The third kappa shape index (κ3) is 1.42. The lowest BCUT2D eigenvalue weighted by Gasteiger charge is -2.18. The molecule has 1 atom stereocenters. The lowest BCUT2D eigenvalue weighted by atomic mass is 9.90. The van der Waals surface area contributed by atoms with Crippen LogP contribution in [0.3, 0.4) is 0 Å². The van der Waals surface area contributed by atoms with Gasteiger partial charge in [0, 0.05) is 5.56 Å². The predicted octanol–water partition coefficient (Wildman–Crippen LogP) is 2.13. The maximum Gasteiger partial charge on any atom is 0.180 e. The highest BCUT2D eigenvalue weighted by Crippen LogP contribution is 2.27. The highest BCUT2D eigenvalue weighted by molar-refractivity contribution is 6.34. The summed E-state index contributed by atoms with van der Waals surface area (Å²) < 4.78 is 0. The summed E-state index contributed by atoms with van der Waals surface area (Å²) in [7, 11) is 0. The molecule has 2 nitrogen and oxygen atoms in total. The number of halogens is 1. The minimum atomic E-state index is -0.392. The molecular formula is C10H9ClO2. The Balaban J connectivity index is 2.50. The van der Waals surface area contributed by atoms with Gasteiger partial charge in [-0.2, -0.15) is 0 Å². The molecule has 1 aliphatic carbocycles. The van der Waals surface area contributed by atoms with Crippen molar-refractivity contribution in [1.29, 1.82) is 0 Å². The monoisotopic (exact) mass is 196 g/mol. The van der Waals surface area contributed by atoms with Crippen molar-refractivity contribution in [3.8, 4) is 5.75 Å². The molecule has 0 heterocycles. The van der Waals surface area contributed by atoms with Crippen LogP contribution >= 0.6 is 11.6 Å². The second-order valence-corrected chi connectivity index (χ2v) is 3.74. The van der Waals surface area contributed by atoms with Crippen LogP contribution < -0.4 is 0 Å². The van der Waals surface area contributed by atoms with Gasteiger partial charge in [0.1, 0.15) is 5.75 Å². The summed E-state index contributed by atoms with van der Waals surface area (Å²) in [6.07, 6.45) is 1.43. The number of Topliss-reactive ketones (excluding diaryl/α,β-unsaturated/α-hetero) is 1. The molecule has 13 heavy (non-hydrogen) atoms. The fraction of sp³-hybridized carbons (Fsp3) is 0.300. The molecule has 0 saturated carbocycles. The van der Waals surface area contributed by atoms with Crippen LogP contribution in [0.5, 0.6) is 5.75 Å². The standard InChI is InChI=1S/C10H9ClO2/c11-9-4-1-6-5-7(12)2-3-8(6)10(9)13/h2-3,5,9,12H,1,4H2. The van der Waals surface area contributed by atoms with Crippen molar-refractivity contribution in [3.05, 3.63) is 29.3 Å². The number of phenolic OH excluding ortho intramolecular Hbond substituents is 1. The largest absolute Gasteiger partial charge is 0.508 e. The Labute approximate surface area is 81.1 Å². The van der Waals surface area contributed by atoms with E-state index in [1.165, 1.54) is 6.07 Å². The average Bonchev–Trinajstić information content (AvgIpc) is 2.12. The number of hydrogen-bond donors (Lipinski definition) is 1. The number of hydrogen-bond acceptors (Lipinski definition) is 2. The number of benzene rings is 1. The van der Waals surface area contributed by atoms with Crippen molar-refractivity contribution >= 4 is 17.4 Å². The minimum Gasteiger partial charge on any atom is -0.508 e. The maximum atomic E-state index is 11.5. The van der Waals surface area contributed by atoms with E-state index < -0.39 is 5.38 Å². The van der Waals surface area contributed by atoms with Gasteiger partial charge in [0.15, 0.2) is 5.78 Å². The summed E-state index contributed by atoms with van der Waals surface area (Å²) >= 11 is 5.82. The normalized spacial score (nSPS) is 21.3. The number of carbonyl (C=O) groups is 1. The van der Waals surface area contributed by atoms with E-state index in [2.05, 4.69) is 0 Å². The zero-order valence-electron chi connectivity index (χ0n) is 6.96. The molecule has 2 rings (SSSR count). The molecule has 0 aromatic heterocycles. The Morgan fingerprint density at radius 2 is 2.23 bits per heavy atom. The Bertz CT molecular complexity index is 360. The van der Waals surface area contributed by atoms with E-state index >= 15 is 0 Å². The van der Waals surface area contributed by atoms with Crippen LogP contribution in [0.25, 0.3) is 0 Å². The highest BCUT2D eigenvalue weighted by atomic mass is 35.5. The van der Waals surface area contributed by atoms with E-state index in [1.54, 1.807) is 12.1 Å². The van der Waals surface area contributed by atoms with Crippen LogP contribution in [0, 0.1) is 0 Å². The highest BCUT2D eigenvalue weighted by Gasteiger charge is 2.25. The molecule has 1 aromatic rings. The van der Waals surface area contributed by atoms with Gasteiger partial charge in [-0.15, -0.1) is 11.6 Å². The minimum absolute atomic E-state index is 0.0251. The second kappa shape index (κ2) is 3.04. The van der Waals surface area contributed by atoms with Crippen molar-refractivity contribution in [2.75, 3.05) is 0 Å². The molecule has 3 heteroatoms. The van der Waals surface area contributed by atoms with Crippen LogP contribution in [-0.4, -0.2) is 16.3 Å². The van der Waals surface area contributed by atoms with Crippen LogP contribution in [0.15, 0.2) is 18.2 Å². The second-order valence-electron chi connectivity index (χ2n) is 3.21. The molecule has 1 N–H and O–H groups in total. The molecule has 0 saturated heterocycles. The van der Waals surface area contributed by atoms with E-state index in [0.717, 1.165) is 12.0 Å². The molecule has 0 radical (unpaired) electrons. The van der Waals surface area contributed by atoms with Crippen molar-refractivity contribution in [1.82, 2.24) is 0 Å². The Hall–Kier alpha value is -1.02. The number of ketones is 1. The van der Waals surface area contributed by atoms with Crippen molar-refractivity contribution in [2.24, 2.45) is 0 Å². The Morgan fingerprint density at radius 1 is 1.46 bits per heavy atom. The van der Waals surface area contributed by atoms with Crippen molar-refractivity contribution in [3.63, 3.8) is 0 Å². The predicted molar refractivity (Wildman–Crippen MR) is 50.4 cm³/mol. The molecule has 68 valence electrons. The number of aromatic hydroxyl groups is 1. The van der Waals surface area contributed by atoms with Gasteiger partial charge in [0.25, 0.3) is 0 Å². The summed E-state index contributed by atoms with van der Waals surface area (Å²) in [5.41, 5.74) is 1.56. The molecule has 1 aromatic carbocycles. The zero-order valence-corrected chi connectivity index (χ0v) is 7.71. The van der Waals surface area contributed by atoms with Gasteiger partial charge in [-0.25, -0.2) is 0 Å². The van der Waals surface area contributed by atoms with Gasteiger partial charge in [0.05, 0.1) is 5.38 Å². The third-order valence-electron chi connectivity index (χ3n) is 2.31. The smallest absolute Gasteiger partial charge is 0.180 e. The molecule has 0 fully saturated rings. The molecule has 0 aliphatic heterocycles. The van der Waals surface area contributed by atoms with Crippen LogP contribution in [0.1, 0.15) is 22.3 Å². The fourth-order valence-corrected chi connectivity index (χ4v) is 1.84. The summed E-state index contributed by atoms with van der Waals surface area (Å²) in [6.45, 7) is 0. The molecule has 0 spiro atoms. The first-order chi connectivity index (χ1) is 6.18. The number of carbonyl (C=O) groups excluding carboxylic acids is 1. The number of fused-ring (bicyclic) bond motifs is 1. The first-order valence-corrected chi connectivity index (χ1v) is 4.62. The lowest BCUT2D eigenvalue weighted by molar-refractivity contribution is 0.0977. The van der Waals surface area contributed by atoms with Crippen LogP contribution in [0.4, 0.5) is 0 Å². The third-order valence-corrected chi connectivity index (χ3v) is 2.72. The van der Waals surface area contributed by atoms with Gasteiger partial charge >= 0.3 is 0 Å². The number of aryl methyl sites for hydroxylation is 1.